The van der Waals surface area contributed by atoms with Crippen LogP contribution < -0.4 is 10.5 Å². The molecule has 1 saturated heterocycles. The Hall–Kier alpha value is -3.49. The Morgan fingerprint density at radius 2 is 1.70 bits per heavy atom. The summed E-state index contributed by atoms with van der Waals surface area (Å²) in [5, 5.41) is 8.71. The maximum Gasteiger partial charge on any atom is 0.267 e. The van der Waals surface area contributed by atoms with Gasteiger partial charge in [0.15, 0.2) is 5.82 Å². The number of benzene rings is 1. The average molecular weight is 410 g/mol. The van der Waals surface area contributed by atoms with Crippen LogP contribution in [0.5, 0.6) is 0 Å². The average Bonchev–Trinajstić information content (AvgIpc) is 3.08. The van der Waals surface area contributed by atoms with E-state index in [2.05, 4.69) is 15.1 Å². The highest BCUT2D eigenvalue weighted by atomic mass is 19.1. The molecule has 30 heavy (non-hydrogen) atoms. The Bertz CT molecular complexity index is 1110. The van der Waals surface area contributed by atoms with Gasteiger partial charge in [-0.1, -0.05) is 0 Å². The maximum atomic E-state index is 13.1. The van der Waals surface area contributed by atoms with Crippen LogP contribution in [0.1, 0.15) is 11.4 Å². The van der Waals surface area contributed by atoms with Crippen molar-refractivity contribution >= 4 is 11.6 Å². The lowest BCUT2D eigenvalue weighted by molar-refractivity contribution is -0.132. The summed E-state index contributed by atoms with van der Waals surface area (Å²) in [6.07, 6.45) is 0. The van der Waals surface area contributed by atoms with Crippen LogP contribution >= 0.6 is 0 Å². The van der Waals surface area contributed by atoms with Gasteiger partial charge in [-0.15, -0.1) is 5.10 Å². The van der Waals surface area contributed by atoms with E-state index in [1.165, 1.54) is 22.9 Å². The van der Waals surface area contributed by atoms with Gasteiger partial charge < -0.3 is 9.80 Å². The standard InChI is InChI=1S/C21H23FN6O2/c1-15-13-16(2)28(23-15)19-7-8-20(29)27(24-19)14-21(30)26-11-9-25(10-12-26)18-5-3-17(22)4-6-18/h3-8,13H,9-12,14H2,1-2H3. The van der Waals surface area contributed by atoms with Gasteiger partial charge in [-0.2, -0.15) is 5.10 Å². The van der Waals surface area contributed by atoms with Crippen LogP contribution in [0, 0.1) is 19.7 Å². The molecule has 0 atom stereocenters. The summed E-state index contributed by atoms with van der Waals surface area (Å²) in [6.45, 7) is 6.02. The van der Waals surface area contributed by atoms with Crippen LogP contribution in [0.4, 0.5) is 10.1 Å². The van der Waals surface area contributed by atoms with Crippen LogP contribution in [0.2, 0.25) is 0 Å². The van der Waals surface area contributed by atoms with E-state index < -0.39 is 0 Å². The van der Waals surface area contributed by atoms with Gasteiger partial charge in [0.2, 0.25) is 5.91 Å². The number of carbonyl (C=O) groups excluding carboxylic acids is 1. The molecule has 0 bridgehead atoms. The number of nitrogens with zero attached hydrogens (tertiary/aromatic N) is 6. The third kappa shape index (κ3) is 4.10. The lowest BCUT2D eigenvalue weighted by atomic mass is 10.2. The van der Waals surface area contributed by atoms with Gasteiger partial charge >= 0.3 is 0 Å². The van der Waals surface area contributed by atoms with Gasteiger partial charge in [0.05, 0.1) is 5.69 Å². The summed E-state index contributed by atoms with van der Waals surface area (Å²) >= 11 is 0. The third-order valence-electron chi connectivity index (χ3n) is 5.19. The van der Waals surface area contributed by atoms with E-state index in [0.29, 0.717) is 32.0 Å². The Morgan fingerprint density at radius 1 is 1.00 bits per heavy atom. The molecule has 0 N–H and O–H groups in total. The highest BCUT2D eigenvalue weighted by molar-refractivity contribution is 5.76. The molecule has 156 valence electrons. The molecule has 3 aromatic rings. The molecule has 1 aliphatic rings. The van der Waals surface area contributed by atoms with Gasteiger partial charge in [-0.25, -0.2) is 13.8 Å². The molecule has 2 aromatic heterocycles. The molecule has 0 aliphatic carbocycles. The quantitative estimate of drug-likeness (QED) is 0.652. The van der Waals surface area contributed by atoms with Crippen molar-refractivity contribution < 1.29 is 9.18 Å². The number of anilines is 1. The summed E-state index contributed by atoms with van der Waals surface area (Å²) in [4.78, 5) is 28.8. The zero-order chi connectivity index (χ0) is 21.3. The number of halogens is 1. The van der Waals surface area contributed by atoms with Crippen LogP contribution in [-0.2, 0) is 11.3 Å². The summed E-state index contributed by atoms with van der Waals surface area (Å²) in [6, 6.07) is 11.3. The summed E-state index contributed by atoms with van der Waals surface area (Å²) in [5.41, 5.74) is 2.34. The Kier molecular flexibility index (Phi) is 5.35. The molecule has 1 fully saturated rings. The van der Waals surface area contributed by atoms with E-state index >= 15 is 0 Å². The van der Waals surface area contributed by atoms with Gasteiger partial charge in [-0.3, -0.25) is 9.59 Å². The SMILES string of the molecule is Cc1cc(C)n(-c2ccc(=O)n(CC(=O)N3CCN(c4ccc(F)cc4)CC3)n2)n1. The van der Waals surface area contributed by atoms with E-state index in [9.17, 15) is 14.0 Å². The monoisotopic (exact) mass is 410 g/mol. The number of amides is 1. The van der Waals surface area contributed by atoms with Gasteiger partial charge in [-0.05, 0) is 50.2 Å². The highest BCUT2D eigenvalue weighted by Gasteiger charge is 2.22. The number of piperazine rings is 1. The van der Waals surface area contributed by atoms with Gasteiger partial charge in [0, 0.05) is 43.6 Å². The van der Waals surface area contributed by atoms with Crippen molar-refractivity contribution in [3.8, 4) is 5.82 Å². The van der Waals surface area contributed by atoms with Crippen molar-refractivity contribution in [2.24, 2.45) is 0 Å². The second kappa shape index (κ2) is 8.10. The van der Waals surface area contributed by atoms with Gasteiger partial charge in [0.1, 0.15) is 12.4 Å². The second-order valence-electron chi connectivity index (χ2n) is 7.37. The number of aryl methyl sites for hydroxylation is 2. The fraction of sp³-hybridized carbons (Fsp3) is 0.333. The van der Waals surface area contributed by atoms with Crippen LogP contribution in [-0.4, -0.2) is 56.5 Å². The molecule has 0 unspecified atom stereocenters. The van der Waals surface area contributed by atoms with Crippen LogP contribution in [0.25, 0.3) is 5.82 Å². The molecule has 0 radical (unpaired) electrons. The van der Waals surface area contributed by atoms with Crippen LogP contribution in [0.15, 0.2) is 47.3 Å². The number of carbonyl (C=O) groups is 1. The fourth-order valence-corrected chi connectivity index (χ4v) is 3.62. The molecule has 0 saturated carbocycles. The number of hydrogen-bond donors (Lipinski definition) is 0. The maximum absolute atomic E-state index is 13.1. The van der Waals surface area contributed by atoms with Crippen molar-refractivity contribution in [1.82, 2.24) is 24.5 Å². The first-order valence-corrected chi connectivity index (χ1v) is 9.81. The highest BCUT2D eigenvalue weighted by Crippen LogP contribution is 2.17. The van der Waals surface area contributed by atoms with Gasteiger partial charge in [0.25, 0.3) is 5.56 Å². The molecule has 9 heteroatoms. The molecule has 4 rings (SSSR count). The molecule has 1 aliphatic heterocycles. The molecule has 0 spiro atoms. The van der Waals surface area contributed by atoms with Crippen molar-refractivity contribution in [2.45, 2.75) is 20.4 Å². The summed E-state index contributed by atoms with van der Waals surface area (Å²) in [5.74, 6) is 0.0659. The predicted molar refractivity (Wildman–Crippen MR) is 110 cm³/mol. The molecular formula is C21H23FN6O2. The number of hydrogen-bond acceptors (Lipinski definition) is 5. The van der Waals surface area contributed by atoms with Crippen molar-refractivity contribution in [3.63, 3.8) is 0 Å². The first-order valence-electron chi connectivity index (χ1n) is 9.81. The topological polar surface area (TPSA) is 76.3 Å². The van der Waals surface area contributed by atoms with E-state index in [-0.39, 0.29) is 23.8 Å². The largest absolute Gasteiger partial charge is 0.368 e. The van der Waals surface area contributed by atoms with Crippen molar-refractivity contribution in [1.29, 1.82) is 0 Å². The van der Waals surface area contributed by atoms with Crippen LogP contribution in [0.3, 0.4) is 0 Å². The molecule has 3 heterocycles. The predicted octanol–water partition coefficient (Wildman–Crippen LogP) is 1.53. The Morgan fingerprint density at radius 3 is 2.33 bits per heavy atom. The Balaban J connectivity index is 1.43. The third-order valence-corrected chi connectivity index (χ3v) is 5.19. The van der Waals surface area contributed by atoms with E-state index in [0.717, 1.165) is 17.1 Å². The van der Waals surface area contributed by atoms with Crippen molar-refractivity contribution in [2.75, 3.05) is 31.1 Å². The molecule has 1 amide bonds. The zero-order valence-electron chi connectivity index (χ0n) is 17.0. The summed E-state index contributed by atoms with van der Waals surface area (Å²) < 4.78 is 15.9. The Labute approximate surface area is 173 Å². The minimum absolute atomic E-state index is 0.123. The van der Waals surface area contributed by atoms with E-state index in [4.69, 9.17) is 0 Å². The lowest BCUT2D eigenvalue weighted by Gasteiger charge is -2.36. The molecule has 8 nitrogen and oxygen atoms in total. The molecule has 1 aromatic carbocycles. The fourth-order valence-electron chi connectivity index (χ4n) is 3.62. The number of aromatic nitrogens is 4. The van der Waals surface area contributed by atoms with Crippen molar-refractivity contribution in [3.05, 3.63) is 70.0 Å². The van der Waals surface area contributed by atoms with E-state index in [1.807, 2.05) is 19.9 Å². The zero-order valence-corrected chi connectivity index (χ0v) is 17.0. The first-order chi connectivity index (χ1) is 14.4. The second-order valence-corrected chi connectivity index (χ2v) is 7.37. The lowest BCUT2D eigenvalue weighted by Crippen LogP contribution is -2.50. The smallest absolute Gasteiger partial charge is 0.267 e. The number of rotatable bonds is 4. The molecular weight excluding hydrogens is 387 g/mol. The normalized spacial score (nSPS) is 14.2. The minimum atomic E-state index is -0.335. The first kappa shape index (κ1) is 19.8. The minimum Gasteiger partial charge on any atom is -0.368 e. The van der Waals surface area contributed by atoms with E-state index in [1.54, 1.807) is 27.8 Å². The summed E-state index contributed by atoms with van der Waals surface area (Å²) in [7, 11) is 0.